The molecule has 28 heavy (non-hydrogen) atoms. The summed E-state index contributed by atoms with van der Waals surface area (Å²) in [5.41, 5.74) is 2.35. The van der Waals surface area contributed by atoms with E-state index in [4.69, 9.17) is 16.3 Å². The molecule has 0 heterocycles. The van der Waals surface area contributed by atoms with Gasteiger partial charge in [0.25, 0.3) is 0 Å². The van der Waals surface area contributed by atoms with Gasteiger partial charge in [-0.3, -0.25) is 4.79 Å². The minimum atomic E-state index is -0.641. The maximum atomic E-state index is 12.4. The largest absolute Gasteiger partial charge is 0.491 e. The second-order valence-electron chi connectivity index (χ2n) is 6.44. The lowest BCUT2D eigenvalue weighted by Crippen LogP contribution is -2.31. The monoisotopic (exact) mass is 395 g/mol. The summed E-state index contributed by atoms with van der Waals surface area (Å²) >= 11 is 5.86. The fourth-order valence-electron chi connectivity index (χ4n) is 2.70. The van der Waals surface area contributed by atoms with Gasteiger partial charge in [-0.15, -0.1) is 0 Å². The Hall–Kier alpha value is -2.66. The molecule has 0 saturated heterocycles. The summed E-state index contributed by atoms with van der Waals surface area (Å²) in [4.78, 5) is 12.4. The molecule has 0 saturated carbocycles. The van der Waals surface area contributed by atoms with E-state index in [9.17, 15) is 9.90 Å². The first kappa shape index (κ1) is 20.1. The van der Waals surface area contributed by atoms with Gasteiger partial charge in [-0.25, -0.2) is 0 Å². The van der Waals surface area contributed by atoms with E-state index in [0.717, 1.165) is 5.56 Å². The molecule has 0 aliphatic rings. The number of nitrogens with one attached hydrogen (secondary N) is 1. The molecule has 0 spiro atoms. The second-order valence-corrected chi connectivity index (χ2v) is 6.88. The van der Waals surface area contributed by atoms with Crippen LogP contribution in [-0.4, -0.2) is 30.1 Å². The van der Waals surface area contributed by atoms with Crippen LogP contribution in [0, 0.1) is 0 Å². The van der Waals surface area contributed by atoms with E-state index < -0.39 is 6.10 Å². The van der Waals surface area contributed by atoms with Gasteiger partial charge in [-0.05, 0) is 42.0 Å². The van der Waals surface area contributed by atoms with Gasteiger partial charge in [0.15, 0.2) is 5.78 Å². The van der Waals surface area contributed by atoms with Crippen molar-refractivity contribution >= 4 is 17.4 Å². The maximum absolute atomic E-state index is 12.4. The van der Waals surface area contributed by atoms with Crippen molar-refractivity contribution in [3.63, 3.8) is 0 Å². The van der Waals surface area contributed by atoms with Crippen molar-refractivity contribution in [2.75, 3.05) is 13.2 Å². The molecule has 0 aliphatic carbocycles. The number of halogens is 1. The van der Waals surface area contributed by atoms with Crippen LogP contribution < -0.4 is 10.1 Å². The highest BCUT2D eigenvalue weighted by atomic mass is 35.5. The third-order valence-electron chi connectivity index (χ3n) is 4.22. The van der Waals surface area contributed by atoms with Crippen LogP contribution >= 0.6 is 11.6 Å². The van der Waals surface area contributed by atoms with Crippen LogP contribution in [0.1, 0.15) is 21.5 Å². The molecular weight excluding hydrogens is 374 g/mol. The molecule has 2 N–H and O–H groups in total. The van der Waals surface area contributed by atoms with Gasteiger partial charge in [-0.2, -0.15) is 0 Å². The topological polar surface area (TPSA) is 58.6 Å². The minimum absolute atomic E-state index is 0.0291. The molecule has 1 atom stereocenters. The SMILES string of the molecule is O=C(c1ccccc1)c1ccc(OC[C@@H](O)CNCc2ccc(Cl)cc2)cc1. The summed E-state index contributed by atoms with van der Waals surface area (Å²) < 4.78 is 5.61. The maximum Gasteiger partial charge on any atom is 0.193 e. The van der Waals surface area contributed by atoms with Gasteiger partial charge in [-0.1, -0.05) is 54.1 Å². The lowest BCUT2D eigenvalue weighted by Gasteiger charge is -2.13. The fourth-order valence-corrected chi connectivity index (χ4v) is 2.82. The summed E-state index contributed by atoms with van der Waals surface area (Å²) in [5.74, 6) is 0.583. The second kappa shape index (κ2) is 10.0. The highest BCUT2D eigenvalue weighted by molar-refractivity contribution is 6.30. The Balaban J connectivity index is 1.42. The summed E-state index contributed by atoms with van der Waals surface area (Å²) in [7, 11) is 0. The molecule has 4 nitrogen and oxygen atoms in total. The van der Waals surface area contributed by atoms with Crippen LogP contribution in [0.5, 0.6) is 5.75 Å². The molecule has 0 unspecified atom stereocenters. The Labute approximate surface area is 169 Å². The molecule has 0 aromatic heterocycles. The van der Waals surface area contributed by atoms with Crippen molar-refractivity contribution in [1.82, 2.24) is 5.32 Å². The molecule has 0 aliphatic heterocycles. The molecule has 5 heteroatoms. The smallest absolute Gasteiger partial charge is 0.193 e. The van der Waals surface area contributed by atoms with Crippen LogP contribution in [0.4, 0.5) is 0 Å². The standard InChI is InChI=1S/C23H22ClNO3/c24-20-10-6-17(7-11-20)14-25-15-21(26)16-28-22-12-8-19(9-13-22)23(27)18-4-2-1-3-5-18/h1-13,21,25-26H,14-16H2/t21-/m0/s1. The molecule has 3 rings (SSSR count). The average molecular weight is 396 g/mol. The summed E-state index contributed by atoms with van der Waals surface area (Å²) in [6, 6.07) is 23.6. The Morgan fingerprint density at radius 3 is 2.25 bits per heavy atom. The molecule has 3 aromatic rings. The molecule has 0 fully saturated rings. The predicted molar refractivity (Wildman–Crippen MR) is 111 cm³/mol. The number of ketones is 1. The van der Waals surface area contributed by atoms with E-state index in [1.807, 2.05) is 42.5 Å². The first-order valence-corrected chi connectivity index (χ1v) is 9.45. The van der Waals surface area contributed by atoms with E-state index >= 15 is 0 Å². The zero-order valence-electron chi connectivity index (χ0n) is 15.3. The van der Waals surface area contributed by atoms with Crippen LogP contribution in [0.15, 0.2) is 78.9 Å². The van der Waals surface area contributed by atoms with E-state index in [1.54, 1.807) is 36.4 Å². The lowest BCUT2D eigenvalue weighted by molar-refractivity contribution is 0.103. The Morgan fingerprint density at radius 2 is 1.57 bits per heavy atom. The van der Waals surface area contributed by atoms with E-state index in [0.29, 0.717) is 35.0 Å². The van der Waals surface area contributed by atoms with Crippen LogP contribution in [-0.2, 0) is 6.54 Å². The van der Waals surface area contributed by atoms with Gasteiger partial charge in [0.2, 0.25) is 0 Å². The number of hydrogen-bond donors (Lipinski definition) is 2. The van der Waals surface area contributed by atoms with Gasteiger partial charge in [0.1, 0.15) is 18.5 Å². The van der Waals surface area contributed by atoms with E-state index in [2.05, 4.69) is 5.32 Å². The summed E-state index contributed by atoms with van der Waals surface area (Å²) in [6.07, 6.45) is -0.641. The van der Waals surface area contributed by atoms with Gasteiger partial charge >= 0.3 is 0 Å². The molecule has 144 valence electrons. The highest BCUT2D eigenvalue weighted by Gasteiger charge is 2.09. The van der Waals surface area contributed by atoms with E-state index in [-0.39, 0.29) is 12.4 Å². The highest BCUT2D eigenvalue weighted by Crippen LogP contribution is 2.16. The molecule has 0 radical (unpaired) electrons. The Kier molecular flexibility index (Phi) is 7.20. The molecule has 0 amide bonds. The Bertz CT molecular complexity index is 880. The van der Waals surface area contributed by atoms with E-state index in [1.165, 1.54) is 0 Å². The third-order valence-corrected chi connectivity index (χ3v) is 4.47. The summed E-state index contributed by atoms with van der Waals surface area (Å²) in [5, 5.41) is 13.9. The number of benzene rings is 3. The van der Waals surface area contributed by atoms with Crippen molar-refractivity contribution in [2.45, 2.75) is 12.6 Å². The molecular formula is C23H22ClNO3. The molecule has 0 bridgehead atoms. The molecule has 3 aromatic carbocycles. The Morgan fingerprint density at radius 1 is 0.929 bits per heavy atom. The summed E-state index contributed by atoms with van der Waals surface area (Å²) in [6.45, 7) is 1.22. The van der Waals surface area contributed by atoms with Crippen molar-refractivity contribution in [3.05, 3.63) is 101 Å². The quantitative estimate of drug-likeness (QED) is 0.535. The first-order valence-electron chi connectivity index (χ1n) is 9.07. The average Bonchev–Trinajstić information content (AvgIpc) is 2.74. The minimum Gasteiger partial charge on any atom is -0.491 e. The van der Waals surface area contributed by atoms with Crippen LogP contribution in [0.25, 0.3) is 0 Å². The van der Waals surface area contributed by atoms with Crippen LogP contribution in [0.3, 0.4) is 0 Å². The van der Waals surface area contributed by atoms with Gasteiger partial charge < -0.3 is 15.2 Å². The fraction of sp³-hybridized carbons (Fsp3) is 0.174. The number of carbonyl (C=O) groups excluding carboxylic acids is 1. The van der Waals surface area contributed by atoms with Crippen molar-refractivity contribution in [1.29, 1.82) is 0 Å². The van der Waals surface area contributed by atoms with Crippen LogP contribution in [0.2, 0.25) is 5.02 Å². The predicted octanol–water partition coefficient (Wildman–Crippen LogP) is 4.10. The normalized spacial score (nSPS) is 11.8. The third kappa shape index (κ3) is 5.92. The van der Waals surface area contributed by atoms with Gasteiger partial charge in [0, 0.05) is 29.2 Å². The number of rotatable bonds is 9. The first-order chi connectivity index (χ1) is 13.6. The zero-order valence-corrected chi connectivity index (χ0v) is 16.1. The number of aliphatic hydroxyl groups is 1. The van der Waals surface area contributed by atoms with Crippen molar-refractivity contribution in [2.24, 2.45) is 0 Å². The number of carbonyl (C=O) groups is 1. The van der Waals surface area contributed by atoms with Gasteiger partial charge in [0.05, 0.1) is 0 Å². The van der Waals surface area contributed by atoms with Crippen molar-refractivity contribution < 1.29 is 14.6 Å². The number of ether oxygens (including phenoxy) is 1. The number of aliphatic hydroxyl groups excluding tert-OH is 1. The van der Waals surface area contributed by atoms with Crippen molar-refractivity contribution in [3.8, 4) is 5.75 Å². The lowest BCUT2D eigenvalue weighted by atomic mass is 10.0. The zero-order chi connectivity index (χ0) is 19.8. The number of hydrogen-bond acceptors (Lipinski definition) is 4.